The predicted molar refractivity (Wildman–Crippen MR) is 113 cm³/mol. The smallest absolute Gasteiger partial charge is 0.0923 e. The van der Waals surface area contributed by atoms with Gasteiger partial charge in [-0.05, 0) is 71.3 Å². The van der Waals surface area contributed by atoms with Crippen molar-refractivity contribution in [2.24, 2.45) is 5.92 Å². The minimum absolute atomic E-state index is 0.430. The molecule has 1 saturated heterocycles. The Morgan fingerprint density at radius 3 is 2.44 bits per heavy atom. The van der Waals surface area contributed by atoms with Gasteiger partial charge in [-0.1, -0.05) is 61.4 Å². The van der Waals surface area contributed by atoms with Crippen molar-refractivity contribution in [3.05, 3.63) is 60.2 Å². The molecule has 1 N–H and O–H groups in total. The highest BCUT2D eigenvalue weighted by molar-refractivity contribution is 6.09. The second kappa shape index (κ2) is 7.26. The summed E-state index contributed by atoms with van der Waals surface area (Å²) in [5, 5.41) is 16.2. The van der Waals surface area contributed by atoms with Crippen LogP contribution < -0.4 is 0 Å². The summed E-state index contributed by atoms with van der Waals surface area (Å²) in [6, 6.07) is 20.0. The van der Waals surface area contributed by atoms with Gasteiger partial charge in [-0.15, -0.1) is 0 Å². The average molecular weight is 360 g/mol. The highest BCUT2D eigenvalue weighted by Crippen LogP contribution is 2.37. The fraction of sp³-hybridized carbons (Fsp3) is 0.440. The topological polar surface area (TPSA) is 23.5 Å². The maximum Gasteiger partial charge on any atom is 0.0923 e. The van der Waals surface area contributed by atoms with Gasteiger partial charge in [-0.2, -0.15) is 0 Å². The maximum absolute atomic E-state index is 11.3. The van der Waals surface area contributed by atoms with Crippen molar-refractivity contribution in [3.63, 3.8) is 0 Å². The number of aliphatic hydroxyl groups excluding tert-OH is 1. The van der Waals surface area contributed by atoms with Crippen LogP contribution in [-0.4, -0.2) is 29.1 Å². The van der Waals surface area contributed by atoms with Gasteiger partial charge >= 0.3 is 0 Å². The van der Waals surface area contributed by atoms with Crippen molar-refractivity contribution in [1.82, 2.24) is 4.90 Å². The van der Waals surface area contributed by atoms with Crippen LogP contribution >= 0.6 is 0 Å². The van der Waals surface area contributed by atoms with Crippen LogP contribution in [0.15, 0.2) is 54.6 Å². The van der Waals surface area contributed by atoms with E-state index in [2.05, 4.69) is 59.5 Å². The normalized spacial score (nSPS) is 24.8. The summed E-state index contributed by atoms with van der Waals surface area (Å²) in [4.78, 5) is 2.60. The fourth-order valence-electron chi connectivity index (χ4n) is 5.63. The Morgan fingerprint density at radius 2 is 1.56 bits per heavy atom. The summed E-state index contributed by atoms with van der Waals surface area (Å²) in [7, 11) is 0. The van der Waals surface area contributed by atoms with Crippen LogP contribution in [-0.2, 0) is 0 Å². The third kappa shape index (κ3) is 3.15. The maximum atomic E-state index is 11.3. The van der Waals surface area contributed by atoms with Crippen molar-refractivity contribution in [2.75, 3.05) is 13.1 Å². The molecule has 0 radical (unpaired) electrons. The molecule has 2 aliphatic rings. The van der Waals surface area contributed by atoms with E-state index in [9.17, 15) is 5.11 Å². The molecule has 0 spiro atoms. The number of β-amino-alcohol motifs (C(OH)–C–C–N with tert-alkyl or cyclic N) is 1. The Kier molecular flexibility index (Phi) is 4.63. The second-order valence-electron chi connectivity index (χ2n) is 8.50. The van der Waals surface area contributed by atoms with Crippen LogP contribution in [0, 0.1) is 5.92 Å². The molecule has 2 fully saturated rings. The Hall–Kier alpha value is -1.90. The monoisotopic (exact) mass is 359 g/mol. The van der Waals surface area contributed by atoms with Crippen molar-refractivity contribution in [1.29, 1.82) is 0 Å². The van der Waals surface area contributed by atoms with Gasteiger partial charge in [0.05, 0.1) is 6.10 Å². The molecule has 1 aliphatic heterocycles. The zero-order chi connectivity index (χ0) is 18.2. The first-order valence-corrected chi connectivity index (χ1v) is 10.6. The van der Waals surface area contributed by atoms with E-state index in [4.69, 9.17) is 0 Å². The first-order chi connectivity index (χ1) is 13.3. The van der Waals surface area contributed by atoms with Crippen molar-refractivity contribution in [3.8, 4) is 0 Å². The van der Waals surface area contributed by atoms with Crippen LogP contribution in [0.3, 0.4) is 0 Å². The van der Waals surface area contributed by atoms with E-state index in [1.165, 1.54) is 60.1 Å². The molecular weight excluding hydrogens is 330 g/mol. The van der Waals surface area contributed by atoms with Crippen molar-refractivity contribution < 1.29 is 5.11 Å². The Labute approximate surface area is 161 Å². The number of rotatable bonds is 3. The SMILES string of the molecule is O[C@H](CN1CCC[C@H]2CCCC[C@@H]21)c1cc2ccccc2c2ccccc12. The molecule has 1 aliphatic carbocycles. The summed E-state index contributed by atoms with van der Waals surface area (Å²) < 4.78 is 0. The average Bonchev–Trinajstić information content (AvgIpc) is 2.73. The highest BCUT2D eigenvalue weighted by Gasteiger charge is 2.34. The van der Waals surface area contributed by atoms with E-state index in [1.807, 2.05) is 0 Å². The molecule has 0 amide bonds. The number of piperidine rings is 1. The van der Waals surface area contributed by atoms with Crippen LogP contribution in [0.5, 0.6) is 0 Å². The third-order valence-electron chi connectivity index (χ3n) is 6.92. The molecule has 0 unspecified atom stereocenters. The quantitative estimate of drug-likeness (QED) is 0.608. The predicted octanol–water partition coefficient (Wildman–Crippen LogP) is 5.68. The Morgan fingerprint density at radius 1 is 0.852 bits per heavy atom. The molecule has 2 nitrogen and oxygen atoms in total. The molecule has 0 bridgehead atoms. The zero-order valence-electron chi connectivity index (χ0n) is 16.0. The van der Waals surface area contributed by atoms with E-state index in [-0.39, 0.29) is 0 Å². The summed E-state index contributed by atoms with van der Waals surface area (Å²) in [6.45, 7) is 1.91. The molecule has 5 rings (SSSR count). The number of hydrogen-bond donors (Lipinski definition) is 1. The molecule has 3 aromatic carbocycles. The molecule has 1 heterocycles. The molecule has 0 aromatic heterocycles. The number of benzene rings is 3. The number of nitrogens with zero attached hydrogens (tertiary/aromatic N) is 1. The minimum Gasteiger partial charge on any atom is -0.387 e. The lowest BCUT2D eigenvalue weighted by Crippen LogP contribution is -2.48. The molecule has 2 heteroatoms. The lowest BCUT2D eigenvalue weighted by Gasteiger charge is -2.45. The fourth-order valence-corrected chi connectivity index (χ4v) is 5.63. The van der Waals surface area contributed by atoms with E-state index >= 15 is 0 Å². The van der Waals surface area contributed by atoms with Gasteiger partial charge in [0.15, 0.2) is 0 Å². The van der Waals surface area contributed by atoms with Gasteiger partial charge in [-0.3, -0.25) is 4.90 Å². The number of hydrogen-bond acceptors (Lipinski definition) is 2. The van der Waals surface area contributed by atoms with E-state index in [0.717, 1.165) is 24.6 Å². The van der Waals surface area contributed by atoms with Crippen molar-refractivity contribution in [2.45, 2.75) is 50.7 Å². The third-order valence-corrected chi connectivity index (χ3v) is 6.92. The van der Waals surface area contributed by atoms with Crippen LogP contribution in [0.4, 0.5) is 0 Å². The summed E-state index contributed by atoms with van der Waals surface area (Å²) in [5.74, 6) is 0.855. The van der Waals surface area contributed by atoms with Gasteiger partial charge in [0, 0.05) is 12.6 Å². The first-order valence-electron chi connectivity index (χ1n) is 10.6. The van der Waals surface area contributed by atoms with Gasteiger partial charge in [0.2, 0.25) is 0 Å². The van der Waals surface area contributed by atoms with Gasteiger partial charge in [0.1, 0.15) is 0 Å². The summed E-state index contributed by atoms with van der Waals surface area (Å²) >= 11 is 0. The molecule has 3 aromatic rings. The minimum atomic E-state index is -0.430. The van der Waals surface area contributed by atoms with Gasteiger partial charge in [0.25, 0.3) is 0 Å². The van der Waals surface area contributed by atoms with Crippen molar-refractivity contribution >= 4 is 21.5 Å². The second-order valence-corrected chi connectivity index (χ2v) is 8.50. The molecule has 27 heavy (non-hydrogen) atoms. The van der Waals surface area contributed by atoms with E-state index < -0.39 is 6.10 Å². The van der Waals surface area contributed by atoms with E-state index in [0.29, 0.717) is 6.04 Å². The van der Waals surface area contributed by atoms with Crippen LogP contribution in [0.25, 0.3) is 21.5 Å². The Bertz CT molecular complexity index is 947. The van der Waals surface area contributed by atoms with Gasteiger partial charge in [-0.25, -0.2) is 0 Å². The lowest BCUT2D eigenvalue weighted by atomic mass is 9.78. The largest absolute Gasteiger partial charge is 0.387 e. The first kappa shape index (κ1) is 17.2. The van der Waals surface area contributed by atoms with Gasteiger partial charge < -0.3 is 5.11 Å². The number of likely N-dealkylation sites (tertiary alicyclic amines) is 1. The standard InChI is InChI=1S/C25H29NO/c27-25(17-26-15-7-10-18-8-2-6-14-24(18)26)23-16-19-9-1-3-11-20(19)21-12-4-5-13-22(21)23/h1,3-5,9,11-13,16,18,24-25,27H,2,6-8,10,14-15,17H2/t18-,24+,25-/m1/s1. The summed E-state index contributed by atoms with van der Waals surface area (Å²) in [5.41, 5.74) is 1.09. The van der Waals surface area contributed by atoms with Crippen LogP contribution in [0.1, 0.15) is 50.2 Å². The molecule has 140 valence electrons. The lowest BCUT2D eigenvalue weighted by molar-refractivity contribution is 0.0209. The summed E-state index contributed by atoms with van der Waals surface area (Å²) in [6.07, 6.45) is 7.69. The van der Waals surface area contributed by atoms with Crippen LogP contribution in [0.2, 0.25) is 0 Å². The zero-order valence-corrected chi connectivity index (χ0v) is 16.0. The molecule has 1 saturated carbocycles. The number of aliphatic hydroxyl groups is 1. The Balaban J connectivity index is 1.50. The molecule has 3 atom stereocenters. The molecular formula is C25H29NO. The highest BCUT2D eigenvalue weighted by atomic mass is 16.3. The number of fused-ring (bicyclic) bond motifs is 4. The van der Waals surface area contributed by atoms with E-state index in [1.54, 1.807) is 0 Å².